The molecular weight excluding hydrogens is 262 g/mol. The molecule has 1 aliphatic rings. The second-order valence-corrected chi connectivity index (χ2v) is 5.80. The summed E-state index contributed by atoms with van der Waals surface area (Å²) >= 11 is 0. The molecule has 1 aromatic heterocycles. The van der Waals surface area contributed by atoms with Crippen molar-refractivity contribution in [3.05, 3.63) is 42.0 Å². The normalized spacial score (nSPS) is 14.7. The van der Waals surface area contributed by atoms with E-state index in [2.05, 4.69) is 29.7 Å². The summed E-state index contributed by atoms with van der Waals surface area (Å²) in [4.78, 5) is 4.80. The lowest BCUT2D eigenvalue weighted by Gasteiger charge is -2.09. The number of nitrogens with two attached hydrogens (primary N) is 1. The number of imidazole rings is 1. The first-order chi connectivity index (χ1) is 10.1. The van der Waals surface area contributed by atoms with Crippen LogP contribution in [0.4, 0.5) is 5.69 Å². The Kier molecular flexibility index (Phi) is 2.48. The Morgan fingerprint density at radius 1 is 1.19 bits per heavy atom. The van der Waals surface area contributed by atoms with Crippen molar-refractivity contribution >= 4 is 16.7 Å². The van der Waals surface area contributed by atoms with E-state index in [1.165, 1.54) is 23.9 Å². The molecule has 4 heteroatoms. The third kappa shape index (κ3) is 1.95. The Morgan fingerprint density at radius 3 is 2.71 bits per heavy atom. The second kappa shape index (κ2) is 4.25. The van der Waals surface area contributed by atoms with Gasteiger partial charge in [-0.3, -0.25) is 0 Å². The van der Waals surface area contributed by atoms with Crippen molar-refractivity contribution < 1.29 is 5.11 Å². The fraction of sp³-hybridized carbons (Fsp3) is 0.235. The van der Waals surface area contributed by atoms with Crippen LogP contribution in [0.25, 0.3) is 22.4 Å². The van der Waals surface area contributed by atoms with Crippen LogP contribution >= 0.6 is 0 Å². The summed E-state index contributed by atoms with van der Waals surface area (Å²) in [5, 5.41) is 9.61. The summed E-state index contributed by atoms with van der Waals surface area (Å²) in [6.45, 7) is 2.08. The highest BCUT2D eigenvalue weighted by Gasteiger charge is 2.28. The van der Waals surface area contributed by atoms with E-state index in [0.717, 1.165) is 16.9 Å². The van der Waals surface area contributed by atoms with E-state index in [-0.39, 0.29) is 5.75 Å². The fourth-order valence-electron chi connectivity index (χ4n) is 2.81. The molecule has 0 spiro atoms. The van der Waals surface area contributed by atoms with E-state index in [1.807, 2.05) is 6.07 Å². The van der Waals surface area contributed by atoms with Crippen molar-refractivity contribution in [2.24, 2.45) is 0 Å². The van der Waals surface area contributed by atoms with Crippen molar-refractivity contribution in [2.75, 3.05) is 5.73 Å². The average Bonchev–Trinajstić information content (AvgIpc) is 3.22. The first kappa shape index (κ1) is 12.3. The maximum Gasteiger partial charge on any atom is 0.141 e. The van der Waals surface area contributed by atoms with Crippen molar-refractivity contribution in [1.29, 1.82) is 0 Å². The molecule has 0 radical (unpaired) electrons. The van der Waals surface area contributed by atoms with Gasteiger partial charge in [0.25, 0.3) is 0 Å². The van der Waals surface area contributed by atoms with Crippen molar-refractivity contribution in [2.45, 2.75) is 25.8 Å². The van der Waals surface area contributed by atoms with Gasteiger partial charge in [0, 0.05) is 11.6 Å². The Morgan fingerprint density at radius 2 is 2.00 bits per heavy atom. The molecule has 0 atom stereocenters. The third-order valence-corrected chi connectivity index (χ3v) is 4.04. The fourth-order valence-corrected chi connectivity index (χ4v) is 2.81. The lowest BCUT2D eigenvalue weighted by atomic mass is 10.1. The zero-order valence-electron chi connectivity index (χ0n) is 11.9. The number of phenols is 1. The summed E-state index contributed by atoms with van der Waals surface area (Å²) < 4.78 is 2.31. The van der Waals surface area contributed by atoms with Crippen molar-refractivity contribution in [3.63, 3.8) is 0 Å². The molecule has 1 saturated carbocycles. The first-order valence-electron chi connectivity index (χ1n) is 7.21. The van der Waals surface area contributed by atoms with Gasteiger partial charge in [-0.1, -0.05) is 6.07 Å². The minimum Gasteiger partial charge on any atom is -0.506 e. The number of nitrogen functional groups attached to an aromatic ring is 1. The molecule has 0 saturated heterocycles. The lowest BCUT2D eigenvalue weighted by molar-refractivity contribution is 0.478. The van der Waals surface area contributed by atoms with Gasteiger partial charge in [0.05, 0.1) is 16.7 Å². The minimum atomic E-state index is 0.115. The number of rotatable bonds is 2. The number of hydrogen-bond donors (Lipinski definition) is 2. The highest BCUT2D eigenvalue weighted by molar-refractivity contribution is 5.82. The average molecular weight is 279 g/mol. The molecule has 21 heavy (non-hydrogen) atoms. The van der Waals surface area contributed by atoms with Crippen molar-refractivity contribution in [3.8, 4) is 17.1 Å². The van der Waals surface area contributed by atoms with Crippen LogP contribution in [-0.2, 0) is 0 Å². The summed E-state index contributed by atoms with van der Waals surface area (Å²) in [6.07, 6.45) is 2.39. The molecule has 1 fully saturated rings. The van der Waals surface area contributed by atoms with E-state index < -0.39 is 0 Å². The lowest BCUT2D eigenvalue weighted by Crippen LogP contribution is -1.98. The zero-order valence-corrected chi connectivity index (χ0v) is 11.9. The van der Waals surface area contributed by atoms with E-state index in [4.69, 9.17) is 10.7 Å². The molecule has 0 aliphatic heterocycles. The molecule has 4 nitrogen and oxygen atoms in total. The van der Waals surface area contributed by atoms with Gasteiger partial charge in [-0.15, -0.1) is 0 Å². The van der Waals surface area contributed by atoms with Crippen LogP contribution in [-0.4, -0.2) is 14.7 Å². The Bertz CT molecular complexity index is 847. The smallest absolute Gasteiger partial charge is 0.141 e. The van der Waals surface area contributed by atoms with E-state index in [9.17, 15) is 5.11 Å². The summed E-state index contributed by atoms with van der Waals surface area (Å²) in [6, 6.07) is 12.2. The van der Waals surface area contributed by atoms with Crippen LogP contribution in [0, 0.1) is 6.92 Å². The minimum absolute atomic E-state index is 0.115. The van der Waals surface area contributed by atoms with Crippen LogP contribution in [0.3, 0.4) is 0 Å². The largest absolute Gasteiger partial charge is 0.506 e. The summed E-state index contributed by atoms with van der Waals surface area (Å²) in [7, 11) is 0. The van der Waals surface area contributed by atoms with Gasteiger partial charge in [-0.2, -0.15) is 0 Å². The van der Waals surface area contributed by atoms with Crippen LogP contribution in [0.2, 0.25) is 0 Å². The van der Waals surface area contributed by atoms with Gasteiger partial charge in [0.1, 0.15) is 11.6 Å². The number of hydrogen-bond acceptors (Lipinski definition) is 3. The number of nitrogens with zero attached hydrogens (tertiary/aromatic N) is 2. The van der Waals surface area contributed by atoms with Gasteiger partial charge in [0.2, 0.25) is 0 Å². The molecular formula is C17H17N3O. The Balaban J connectivity index is 1.98. The van der Waals surface area contributed by atoms with Crippen LogP contribution in [0.15, 0.2) is 36.4 Å². The van der Waals surface area contributed by atoms with Gasteiger partial charge < -0.3 is 15.4 Å². The molecule has 4 rings (SSSR count). The topological polar surface area (TPSA) is 64.1 Å². The second-order valence-electron chi connectivity index (χ2n) is 5.80. The third-order valence-electron chi connectivity index (χ3n) is 4.04. The number of aromatic hydroxyl groups is 1. The van der Waals surface area contributed by atoms with Crippen LogP contribution in [0.1, 0.15) is 24.4 Å². The SMILES string of the molecule is Cc1ccc2c(c1)nc(-c1ccc(O)c(N)c1)n2C1CC1. The number of fused-ring (bicyclic) bond motifs is 1. The maximum absolute atomic E-state index is 9.61. The number of aromatic nitrogens is 2. The summed E-state index contributed by atoms with van der Waals surface area (Å²) in [5.74, 6) is 1.05. The molecule has 2 aromatic carbocycles. The van der Waals surface area contributed by atoms with Gasteiger partial charge in [-0.05, 0) is 55.7 Å². The van der Waals surface area contributed by atoms with Gasteiger partial charge in [-0.25, -0.2) is 4.98 Å². The Hall–Kier alpha value is -2.49. The number of benzene rings is 2. The number of aryl methyl sites for hydroxylation is 1. The predicted molar refractivity (Wildman–Crippen MR) is 84.3 cm³/mol. The number of anilines is 1. The zero-order chi connectivity index (χ0) is 14.6. The van der Waals surface area contributed by atoms with E-state index in [0.29, 0.717) is 11.7 Å². The van der Waals surface area contributed by atoms with Gasteiger partial charge in [0.15, 0.2) is 0 Å². The van der Waals surface area contributed by atoms with Crippen LogP contribution < -0.4 is 5.73 Å². The molecule has 0 amide bonds. The first-order valence-corrected chi connectivity index (χ1v) is 7.21. The van der Waals surface area contributed by atoms with Crippen molar-refractivity contribution in [1.82, 2.24) is 9.55 Å². The molecule has 3 N–H and O–H groups in total. The Labute approximate surface area is 122 Å². The summed E-state index contributed by atoms with van der Waals surface area (Å²) in [5.41, 5.74) is 10.6. The quantitative estimate of drug-likeness (QED) is 0.556. The molecule has 0 bridgehead atoms. The molecule has 1 aliphatic carbocycles. The van der Waals surface area contributed by atoms with Gasteiger partial charge >= 0.3 is 0 Å². The maximum atomic E-state index is 9.61. The molecule has 0 unspecified atom stereocenters. The predicted octanol–water partition coefficient (Wildman–Crippen LogP) is 3.63. The standard InChI is InChI=1S/C17H17N3O/c1-10-2-6-15-14(8-10)19-17(20(15)12-4-5-12)11-3-7-16(21)13(18)9-11/h2-3,6-9,12,21H,4-5,18H2,1H3. The molecule has 3 aromatic rings. The molecule has 106 valence electrons. The highest BCUT2D eigenvalue weighted by atomic mass is 16.3. The highest BCUT2D eigenvalue weighted by Crippen LogP contribution is 2.42. The monoisotopic (exact) mass is 279 g/mol. The van der Waals surface area contributed by atoms with E-state index in [1.54, 1.807) is 12.1 Å². The van der Waals surface area contributed by atoms with E-state index >= 15 is 0 Å². The number of phenolic OH excluding ortho intramolecular Hbond substituents is 1. The van der Waals surface area contributed by atoms with Crippen LogP contribution in [0.5, 0.6) is 5.75 Å². The molecule has 1 heterocycles.